The number of urea groups is 1. The van der Waals surface area contributed by atoms with Gasteiger partial charge in [-0.2, -0.15) is 0 Å². The Bertz CT molecular complexity index is 735. The first-order valence-corrected chi connectivity index (χ1v) is 8.65. The van der Waals surface area contributed by atoms with Gasteiger partial charge in [0, 0.05) is 5.75 Å². The third-order valence-corrected chi connectivity index (χ3v) is 5.59. The van der Waals surface area contributed by atoms with E-state index in [1.165, 1.54) is 4.90 Å². The summed E-state index contributed by atoms with van der Waals surface area (Å²) >= 11 is 1.66. The fraction of sp³-hybridized carbons (Fsp3) is 0.222. The van der Waals surface area contributed by atoms with Gasteiger partial charge in [0.05, 0.1) is 6.54 Å². The van der Waals surface area contributed by atoms with Crippen molar-refractivity contribution in [2.45, 2.75) is 18.0 Å². The maximum atomic E-state index is 12.8. The highest BCUT2D eigenvalue weighted by Crippen LogP contribution is 2.45. The normalized spacial score (nSPS) is 23.5. The van der Waals surface area contributed by atoms with Crippen LogP contribution in [0.2, 0.25) is 0 Å². The maximum Gasteiger partial charge on any atom is 0.328 e. The molecule has 0 saturated carbocycles. The van der Waals surface area contributed by atoms with Crippen LogP contribution in [0.25, 0.3) is 0 Å². The summed E-state index contributed by atoms with van der Waals surface area (Å²) in [6.07, 6.45) is 0. The Morgan fingerprint density at radius 1 is 0.957 bits per heavy atom. The van der Waals surface area contributed by atoms with Gasteiger partial charge in [0.15, 0.2) is 0 Å². The summed E-state index contributed by atoms with van der Waals surface area (Å²) in [5.74, 6) is 0.583. The molecule has 0 aromatic heterocycles. The summed E-state index contributed by atoms with van der Waals surface area (Å²) in [4.78, 5) is 28.6. The molecule has 4 nitrogen and oxygen atoms in total. The molecule has 3 amide bonds. The van der Waals surface area contributed by atoms with Crippen LogP contribution in [0, 0.1) is 0 Å². The Balaban J connectivity index is 1.60. The molecule has 5 heteroatoms. The number of rotatable bonds is 3. The van der Waals surface area contributed by atoms with Crippen molar-refractivity contribution < 1.29 is 9.59 Å². The van der Waals surface area contributed by atoms with E-state index >= 15 is 0 Å². The lowest BCUT2D eigenvalue weighted by molar-refractivity contribution is -0.128. The first kappa shape index (κ1) is 14.3. The fourth-order valence-corrected chi connectivity index (χ4v) is 4.54. The topological polar surface area (TPSA) is 40.6 Å². The van der Waals surface area contributed by atoms with Crippen LogP contribution in [0.3, 0.4) is 0 Å². The number of benzene rings is 2. The summed E-state index contributed by atoms with van der Waals surface area (Å²) in [7, 11) is 0. The minimum Gasteiger partial charge on any atom is -0.295 e. The molecule has 2 heterocycles. The Morgan fingerprint density at radius 3 is 2.30 bits per heavy atom. The number of carbonyl (C=O) groups excluding carboxylic acids is 2. The summed E-state index contributed by atoms with van der Waals surface area (Å²) in [6, 6.07) is 19.0. The van der Waals surface area contributed by atoms with Crippen molar-refractivity contribution in [3.63, 3.8) is 0 Å². The van der Waals surface area contributed by atoms with E-state index in [1.807, 2.05) is 60.7 Å². The standard InChI is InChI=1S/C18H16N2O2S/c21-16-15-12-23-17(14-9-5-2-6-10-14)20(15)18(22)19(16)11-13-7-3-1-4-8-13/h1-10,15,17H,11-12H2. The number of fused-ring (bicyclic) bond motifs is 1. The van der Waals surface area contributed by atoms with Crippen LogP contribution in [0.15, 0.2) is 60.7 Å². The highest BCUT2D eigenvalue weighted by atomic mass is 32.2. The third-order valence-electron chi connectivity index (χ3n) is 4.27. The van der Waals surface area contributed by atoms with Gasteiger partial charge in [-0.15, -0.1) is 11.8 Å². The summed E-state index contributed by atoms with van der Waals surface area (Å²) in [6.45, 7) is 0.345. The summed E-state index contributed by atoms with van der Waals surface area (Å²) < 4.78 is 0. The van der Waals surface area contributed by atoms with Gasteiger partial charge in [0.25, 0.3) is 5.91 Å². The largest absolute Gasteiger partial charge is 0.328 e. The number of nitrogens with zero attached hydrogens (tertiary/aromatic N) is 2. The smallest absolute Gasteiger partial charge is 0.295 e. The van der Waals surface area contributed by atoms with E-state index < -0.39 is 0 Å². The summed E-state index contributed by atoms with van der Waals surface area (Å²) in [5.41, 5.74) is 2.04. The van der Waals surface area contributed by atoms with Crippen LogP contribution in [0.4, 0.5) is 4.79 Å². The van der Waals surface area contributed by atoms with Crippen molar-refractivity contribution >= 4 is 23.7 Å². The predicted octanol–water partition coefficient (Wildman–Crippen LogP) is 3.27. The van der Waals surface area contributed by atoms with Crippen LogP contribution in [0.5, 0.6) is 0 Å². The predicted molar refractivity (Wildman–Crippen MR) is 89.7 cm³/mol. The molecular formula is C18H16N2O2S. The lowest BCUT2D eigenvalue weighted by atomic mass is 10.2. The molecule has 23 heavy (non-hydrogen) atoms. The average molecular weight is 324 g/mol. The average Bonchev–Trinajstić information content (AvgIpc) is 3.13. The second kappa shape index (κ2) is 5.74. The van der Waals surface area contributed by atoms with Crippen LogP contribution >= 0.6 is 11.8 Å². The van der Waals surface area contributed by atoms with Gasteiger partial charge >= 0.3 is 6.03 Å². The molecule has 0 radical (unpaired) electrons. The number of amides is 3. The van der Waals surface area contributed by atoms with E-state index in [2.05, 4.69) is 0 Å². The molecule has 2 fully saturated rings. The van der Waals surface area contributed by atoms with Gasteiger partial charge < -0.3 is 0 Å². The van der Waals surface area contributed by atoms with Crippen LogP contribution in [-0.2, 0) is 11.3 Å². The Morgan fingerprint density at radius 2 is 1.61 bits per heavy atom. The van der Waals surface area contributed by atoms with Gasteiger partial charge in [-0.05, 0) is 11.1 Å². The fourth-order valence-electron chi connectivity index (χ4n) is 3.13. The van der Waals surface area contributed by atoms with Crippen LogP contribution in [-0.4, -0.2) is 33.5 Å². The van der Waals surface area contributed by atoms with Crippen LogP contribution < -0.4 is 0 Å². The molecule has 2 aromatic carbocycles. The monoisotopic (exact) mass is 324 g/mol. The zero-order valence-electron chi connectivity index (χ0n) is 12.5. The number of hydrogen-bond acceptors (Lipinski definition) is 3. The van der Waals surface area contributed by atoms with E-state index in [1.54, 1.807) is 16.7 Å². The molecule has 2 aromatic rings. The first-order valence-electron chi connectivity index (χ1n) is 7.60. The van der Waals surface area contributed by atoms with E-state index in [9.17, 15) is 9.59 Å². The lowest BCUT2D eigenvalue weighted by Crippen LogP contribution is -2.33. The second-order valence-corrected chi connectivity index (χ2v) is 6.83. The molecule has 2 atom stereocenters. The van der Waals surface area contributed by atoms with E-state index in [4.69, 9.17) is 0 Å². The van der Waals surface area contributed by atoms with Gasteiger partial charge in [-0.3, -0.25) is 14.6 Å². The Labute approximate surface area is 139 Å². The van der Waals surface area contributed by atoms with E-state index in [0.717, 1.165) is 11.1 Å². The van der Waals surface area contributed by atoms with Gasteiger partial charge in [-0.1, -0.05) is 60.7 Å². The second-order valence-electron chi connectivity index (χ2n) is 5.71. The van der Waals surface area contributed by atoms with Crippen molar-refractivity contribution in [2.75, 3.05) is 5.75 Å². The van der Waals surface area contributed by atoms with Crippen molar-refractivity contribution in [2.24, 2.45) is 0 Å². The molecule has 2 saturated heterocycles. The van der Waals surface area contributed by atoms with Gasteiger partial charge in [-0.25, -0.2) is 4.79 Å². The zero-order chi connectivity index (χ0) is 15.8. The molecule has 0 bridgehead atoms. The molecule has 2 unspecified atom stereocenters. The maximum absolute atomic E-state index is 12.8. The molecule has 2 aliphatic rings. The third kappa shape index (κ3) is 2.41. The molecular weight excluding hydrogens is 308 g/mol. The molecule has 2 aliphatic heterocycles. The number of imide groups is 1. The molecule has 0 spiro atoms. The zero-order valence-corrected chi connectivity index (χ0v) is 13.3. The van der Waals surface area contributed by atoms with Crippen molar-refractivity contribution in [1.82, 2.24) is 9.80 Å². The lowest BCUT2D eigenvalue weighted by Gasteiger charge is -2.23. The molecule has 116 valence electrons. The molecule has 4 rings (SSSR count). The minimum atomic E-state index is -0.332. The highest BCUT2D eigenvalue weighted by molar-refractivity contribution is 7.99. The molecule has 0 N–H and O–H groups in total. The summed E-state index contributed by atoms with van der Waals surface area (Å²) in [5, 5.41) is -0.0709. The van der Waals surface area contributed by atoms with Gasteiger partial charge in [0.2, 0.25) is 0 Å². The molecule has 0 aliphatic carbocycles. The Hall–Kier alpha value is -2.27. The van der Waals surface area contributed by atoms with Gasteiger partial charge in [0.1, 0.15) is 11.4 Å². The van der Waals surface area contributed by atoms with Crippen LogP contribution in [0.1, 0.15) is 16.5 Å². The highest BCUT2D eigenvalue weighted by Gasteiger charge is 2.52. The Kier molecular flexibility index (Phi) is 3.58. The quantitative estimate of drug-likeness (QED) is 0.814. The number of thioether (sulfide) groups is 1. The van der Waals surface area contributed by atoms with E-state index in [-0.39, 0.29) is 23.4 Å². The van der Waals surface area contributed by atoms with Crippen molar-refractivity contribution in [3.8, 4) is 0 Å². The van der Waals surface area contributed by atoms with Crippen molar-refractivity contribution in [3.05, 3.63) is 71.8 Å². The number of hydrogen-bond donors (Lipinski definition) is 0. The SMILES string of the molecule is O=C1C2CSC(c3ccccc3)N2C(=O)N1Cc1ccccc1. The minimum absolute atomic E-state index is 0.0709. The number of carbonyl (C=O) groups is 2. The van der Waals surface area contributed by atoms with Crippen molar-refractivity contribution in [1.29, 1.82) is 0 Å². The first-order chi connectivity index (χ1) is 11.3. The van der Waals surface area contributed by atoms with E-state index in [0.29, 0.717) is 12.3 Å².